The molecule has 13 atom stereocenters. The molecule has 3 fully saturated rings. The maximum absolute atomic E-state index is 15.1. The first-order chi connectivity index (χ1) is 54.4. The molecular weight excluding hydrogens is 1430 g/mol. The lowest BCUT2D eigenvalue weighted by Gasteiger charge is -2.50. The Morgan fingerprint density at radius 3 is 1.21 bits per heavy atom. The van der Waals surface area contributed by atoms with E-state index in [2.05, 4.69) is 0 Å². The van der Waals surface area contributed by atoms with Crippen LogP contribution in [-0.2, 0) is 109 Å². The zero-order valence-corrected chi connectivity index (χ0v) is 62.0. The maximum atomic E-state index is 15.1. The lowest BCUT2D eigenvalue weighted by atomic mass is 9.78. The molecule has 111 heavy (non-hydrogen) atoms. The molecule has 572 valence electrons. The predicted molar refractivity (Wildman–Crippen MR) is 416 cm³/mol. The molecule has 0 spiro atoms. The molecule has 11 aromatic rings. The van der Waals surface area contributed by atoms with Gasteiger partial charge < -0.3 is 61.6 Å². The van der Waals surface area contributed by atoms with Gasteiger partial charge in [-0.1, -0.05) is 261 Å². The largest absolute Gasteiger partial charge is 0.388 e. The SMILES string of the molecule is O=C1[C@H](CC[C@H](O)c2ccc(F)cc2)[C@@H](c2ccc(-c3ccc(OS(=O)(=O)C[C@@H]4OC(COCc5ccccc5)[C@@H](O[C@@H]5OC(COCc6ccccc6)[C@@H](OCc6ccccc6)C(OCc6ccccc6)[C@@H]5OCc5ccccc5)C(OCc5ccccc5)[C@@H]4OCc4ccccc4)cc3)cc2)N1c1ccc(F)cc1. The number of hydrogen-bond donors (Lipinski definition) is 1. The fraction of sp³-hybridized carbons (Fsp3) is 0.272. The second-order valence-electron chi connectivity index (χ2n) is 28.0. The van der Waals surface area contributed by atoms with Gasteiger partial charge >= 0.3 is 10.1 Å². The summed E-state index contributed by atoms with van der Waals surface area (Å²) in [5, 5.41) is 11.1. The number of halogens is 2. The van der Waals surface area contributed by atoms with Crippen LogP contribution in [0.3, 0.4) is 0 Å². The van der Waals surface area contributed by atoms with E-state index < -0.39 is 107 Å². The first-order valence-corrected chi connectivity index (χ1v) is 39.1. The smallest absolute Gasteiger partial charge is 0.311 e. The summed E-state index contributed by atoms with van der Waals surface area (Å²) >= 11 is 0. The van der Waals surface area contributed by atoms with Crippen LogP contribution in [0.1, 0.15) is 75.1 Å². The van der Waals surface area contributed by atoms with Gasteiger partial charge in [-0.2, -0.15) is 8.42 Å². The third kappa shape index (κ3) is 21.0. The van der Waals surface area contributed by atoms with E-state index in [0.717, 1.165) is 55.6 Å². The number of hydrogen-bond acceptors (Lipinski definition) is 15. The summed E-state index contributed by atoms with van der Waals surface area (Å²) in [6.45, 7) is 0.831. The molecule has 3 heterocycles. The van der Waals surface area contributed by atoms with Crippen LogP contribution in [0.4, 0.5) is 14.5 Å². The van der Waals surface area contributed by atoms with Crippen LogP contribution in [0.15, 0.2) is 309 Å². The molecule has 3 aliphatic rings. The minimum atomic E-state index is -4.59. The highest BCUT2D eigenvalue weighted by molar-refractivity contribution is 7.87. The Morgan fingerprint density at radius 2 is 0.766 bits per heavy atom. The average Bonchev–Trinajstić information content (AvgIpc) is 0.744. The lowest BCUT2D eigenvalue weighted by Crippen LogP contribution is -2.66. The van der Waals surface area contributed by atoms with Gasteiger partial charge in [0.15, 0.2) is 6.29 Å². The second kappa shape index (κ2) is 38.3. The van der Waals surface area contributed by atoms with E-state index in [4.69, 9.17) is 51.6 Å². The third-order valence-corrected chi connectivity index (χ3v) is 21.4. The summed E-state index contributed by atoms with van der Waals surface area (Å²) in [6, 6.07) is 93.6. The fourth-order valence-electron chi connectivity index (χ4n) is 14.5. The van der Waals surface area contributed by atoms with Crippen molar-refractivity contribution in [3.05, 3.63) is 371 Å². The van der Waals surface area contributed by atoms with E-state index >= 15 is 8.42 Å². The van der Waals surface area contributed by atoms with Crippen LogP contribution >= 0.6 is 0 Å². The summed E-state index contributed by atoms with van der Waals surface area (Å²) < 4.78 is 136. The molecule has 1 amide bonds. The predicted octanol–water partition coefficient (Wildman–Crippen LogP) is 16.8. The number of nitrogens with zero attached hydrogens (tertiary/aromatic N) is 1. The van der Waals surface area contributed by atoms with Crippen molar-refractivity contribution in [1.82, 2.24) is 0 Å². The molecule has 0 bridgehead atoms. The van der Waals surface area contributed by atoms with Crippen molar-refractivity contribution < 1.29 is 78.7 Å². The van der Waals surface area contributed by atoms with Gasteiger partial charge in [-0.05, 0) is 123 Å². The van der Waals surface area contributed by atoms with Gasteiger partial charge in [0.2, 0.25) is 5.91 Å². The monoisotopic (exact) mass is 1520 g/mol. The van der Waals surface area contributed by atoms with Gasteiger partial charge in [-0.3, -0.25) is 4.79 Å². The van der Waals surface area contributed by atoms with E-state index in [1.807, 2.05) is 237 Å². The van der Waals surface area contributed by atoms with Crippen molar-refractivity contribution in [2.24, 2.45) is 5.92 Å². The molecule has 0 radical (unpaired) electrons. The number of rotatable bonds is 36. The molecule has 4 unspecified atom stereocenters. The van der Waals surface area contributed by atoms with Crippen LogP contribution in [0, 0.1) is 17.6 Å². The van der Waals surface area contributed by atoms with Crippen LogP contribution in [0.2, 0.25) is 0 Å². The molecule has 16 nitrogen and oxygen atoms in total. The topological polar surface area (TPSA) is 176 Å². The molecule has 3 aliphatic heterocycles. The van der Waals surface area contributed by atoms with Gasteiger partial charge in [0.05, 0.1) is 77.5 Å². The van der Waals surface area contributed by atoms with Crippen molar-refractivity contribution in [1.29, 1.82) is 0 Å². The average molecular weight is 1520 g/mol. The number of carbonyl (C=O) groups is 1. The number of β-lactam (4-membered cyclic amide) rings is 1. The molecule has 0 aliphatic carbocycles. The zero-order chi connectivity index (χ0) is 76.1. The number of anilines is 1. The van der Waals surface area contributed by atoms with Crippen LogP contribution in [0.5, 0.6) is 5.75 Å². The molecule has 11 aromatic carbocycles. The van der Waals surface area contributed by atoms with Crippen molar-refractivity contribution in [2.45, 2.75) is 132 Å². The summed E-state index contributed by atoms with van der Waals surface area (Å²) in [6.07, 6.45) is -11.1. The van der Waals surface area contributed by atoms with Crippen molar-refractivity contribution >= 4 is 21.7 Å². The molecule has 0 aromatic heterocycles. The van der Waals surface area contributed by atoms with Gasteiger partial charge in [0, 0.05) is 5.69 Å². The normalized spacial score (nSPS) is 22.2. The minimum absolute atomic E-state index is 0.00998. The highest BCUT2D eigenvalue weighted by Crippen LogP contribution is 2.47. The van der Waals surface area contributed by atoms with Crippen LogP contribution in [0.25, 0.3) is 11.1 Å². The van der Waals surface area contributed by atoms with E-state index in [0.29, 0.717) is 17.7 Å². The van der Waals surface area contributed by atoms with Crippen LogP contribution < -0.4 is 9.08 Å². The summed E-state index contributed by atoms with van der Waals surface area (Å²) in [5.74, 6) is -2.22. The Kier molecular flexibility index (Phi) is 26.9. The van der Waals surface area contributed by atoms with Crippen LogP contribution in [-0.4, -0.2) is 99.6 Å². The van der Waals surface area contributed by atoms with E-state index in [9.17, 15) is 18.7 Å². The molecular formula is C92H89F2NO15S. The third-order valence-electron chi connectivity index (χ3n) is 20.2. The van der Waals surface area contributed by atoms with Gasteiger partial charge in [-0.25, -0.2) is 8.78 Å². The zero-order valence-electron chi connectivity index (χ0n) is 61.2. The molecule has 0 saturated carbocycles. The Hall–Kier alpha value is -9.94. The highest BCUT2D eigenvalue weighted by Gasteiger charge is 2.55. The van der Waals surface area contributed by atoms with E-state index in [1.165, 1.54) is 36.4 Å². The molecule has 3 saturated heterocycles. The van der Waals surface area contributed by atoms with Gasteiger partial charge in [0.1, 0.15) is 78.1 Å². The second-order valence-corrected chi connectivity index (χ2v) is 29.6. The molecule has 14 rings (SSSR count). The van der Waals surface area contributed by atoms with E-state index in [-0.39, 0.29) is 77.5 Å². The van der Waals surface area contributed by atoms with Gasteiger partial charge in [-0.15, -0.1) is 0 Å². The maximum Gasteiger partial charge on any atom is 0.311 e. The number of ether oxygens (including phenoxy) is 10. The number of amides is 1. The Balaban J connectivity index is 0.781. The highest BCUT2D eigenvalue weighted by atomic mass is 32.2. The Labute approximate surface area is 647 Å². The quantitative estimate of drug-likeness (QED) is 0.0290. The van der Waals surface area contributed by atoms with Gasteiger partial charge in [0.25, 0.3) is 0 Å². The standard InChI is InChI=1S/C92H89F2NO15S/c93-75-44-40-73(41-45-75)80(96)53-52-79-84(95(91(79)97)77-48-46-76(94)47-49-77)74-38-36-71(37-39-74)72-42-50-78(51-43-72)110-111(98,99)63-83-86(103-57-67-28-14-4-15-29-67)88(104-58-68-30-16-5-17-31-68)87(82(107-83)62-101-55-65-24-10-2-11-25-65)109-92-90(106-60-70-34-20-7-21-35-70)89(105-59-69-32-18-6-19-33-69)85(102-56-66-26-12-3-13-27-66)81(108-92)61-100-54-64-22-8-1-9-23-64/h1-51,79-90,92,96H,52-63H2/t79-,80+,81?,82?,83+,84-,85-,86-,87-,88?,89?,90+,92+/m1/s1. The first-order valence-electron chi connectivity index (χ1n) is 37.5. The first kappa shape index (κ1) is 77.8. The van der Waals surface area contributed by atoms with E-state index in [1.54, 1.807) is 41.3 Å². The Morgan fingerprint density at radius 1 is 0.396 bits per heavy atom. The minimum Gasteiger partial charge on any atom is -0.388 e. The summed E-state index contributed by atoms with van der Waals surface area (Å²) in [7, 11) is -4.59. The Bertz CT molecular complexity index is 4750. The number of aliphatic hydroxyl groups excluding tert-OH is 1. The fourth-order valence-corrected chi connectivity index (χ4v) is 15.6. The summed E-state index contributed by atoms with van der Waals surface area (Å²) in [4.78, 5) is 15.6. The van der Waals surface area contributed by atoms with Crippen molar-refractivity contribution in [3.8, 4) is 16.9 Å². The molecule has 1 N–H and O–H groups in total. The number of benzene rings is 11. The lowest BCUT2D eigenvalue weighted by molar-refractivity contribution is -0.362. The van der Waals surface area contributed by atoms with Crippen molar-refractivity contribution in [2.75, 3.05) is 23.9 Å². The summed E-state index contributed by atoms with van der Waals surface area (Å²) in [5.41, 5.74) is 9.57. The molecule has 19 heteroatoms. The number of aliphatic hydroxyl groups is 1. The van der Waals surface area contributed by atoms with Crippen molar-refractivity contribution in [3.63, 3.8) is 0 Å². The number of carbonyl (C=O) groups excluding carboxylic acids is 1.